The number of benzene rings is 3. The molecule has 0 aromatic heterocycles. The van der Waals surface area contributed by atoms with E-state index in [2.05, 4.69) is 79.7 Å². The Bertz CT molecular complexity index is 1490. The van der Waals surface area contributed by atoms with Gasteiger partial charge in [-0.25, -0.2) is 0 Å². The van der Waals surface area contributed by atoms with Crippen molar-refractivity contribution in [3.05, 3.63) is 81.9 Å². The summed E-state index contributed by atoms with van der Waals surface area (Å²) in [5.74, 6) is 0.841. The van der Waals surface area contributed by atoms with Crippen molar-refractivity contribution in [2.24, 2.45) is 33.7 Å². The molecule has 1 radical (unpaired) electrons. The van der Waals surface area contributed by atoms with Crippen molar-refractivity contribution in [3.8, 4) is 11.5 Å². The summed E-state index contributed by atoms with van der Waals surface area (Å²) < 4.78 is 0. The Labute approximate surface area is 329 Å². The fraction of sp³-hybridized carbons (Fsp3) is 0.500. The molecule has 3 aromatic carbocycles. The van der Waals surface area contributed by atoms with Crippen molar-refractivity contribution in [2.75, 3.05) is 0 Å². The summed E-state index contributed by atoms with van der Waals surface area (Å²) in [7, 11) is 0. The Morgan fingerprint density at radius 1 is 0.585 bits per heavy atom. The van der Waals surface area contributed by atoms with Crippen LogP contribution in [-0.4, -0.2) is 34.6 Å². The monoisotopic (exact) mass is 773 g/mol. The molecule has 293 valence electrons. The number of carbonyl (C=O) groups is 2. The zero-order chi connectivity index (χ0) is 39.4. The minimum atomic E-state index is -1.08. The van der Waals surface area contributed by atoms with Crippen LogP contribution in [0.1, 0.15) is 128 Å². The summed E-state index contributed by atoms with van der Waals surface area (Å²) in [6.45, 7) is 19.8. The number of carboxylic acid groups (broad SMARTS) is 2. The van der Waals surface area contributed by atoms with Crippen LogP contribution in [0, 0.1) is 23.7 Å². The Morgan fingerprint density at radius 2 is 0.868 bits per heavy atom. The number of rotatable bonds is 16. The smallest absolute Gasteiger partial charge is 0.550 e. The van der Waals surface area contributed by atoms with Gasteiger partial charge in [0.05, 0.1) is 11.4 Å². The Hall–Kier alpha value is -3.95. The van der Waals surface area contributed by atoms with Crippen LogP contribution >= 0.6 is 0 Å². The van der Waals surface area contributed by atoms with E-state index in [4.69, 9.17) is 29.8 Å². The van der Waals surface area contributed by atoms with Gasteiger partial charge >= 0.3 is 16.8 Å². The van der Waals surface area contributed by atoms with Crippen LogP contribution in [0.25, 0.3) is 0 Å². The number of nitrogens with zero attached hydrogens (tertiary/aromatic N) is 2. The van der Waals surface area contributed by atoms with Gasteiger partial charge in [0.15, 0.2) is 0 Å². The number of hydrogen-bond acceptors (Lipinski definition) is 8. The van der Waals surface area contributed by atoms with Gasteiger partial charge < -0.3 is 30.0 Å². The first-order chi connectivity index (χ1) is 24.4. The van der Waals surface area contributed by atoms with Crippen LogP contribution in [0.5, 0.6) is 11.5 Å². The summed E-state index contributed by atoms with van der Waals surface area (Å²) in [5.41, 5.74) is 7.39. The number of hydrogen-bond donors (Lipinski definition) is 2. The van der Waals surface area contributed by atoms with Gasteiger partial charge in [-0.15, -0.1) is 0 Å². The standard InChI is InChI=1S/C40H56N2O2.2C2H4O2.Co/c1-27(2)13-17-31-21-33(19-15-29(5)6)39(43)35(23-31)25-41-37-11-9-10-12-38(37)42-26-36-24-32(18-14-28(3)4)22-34(40(36)44)20-16-30(7)8;2*1-2(3)4;/h9-12,21-30,43-44H,13-20H2,1-8H3;2*1H3,(H,3,4);/q;;;+2/p-2. The molecule has 0 heterocycles. The number of aliphatic carboxylic acids is 2. The van der Waals surface area contributed by atoms with Crippen LogP contribution in [-0.2, 0) is 52.1 Å². The van der Waals surface area contributed by atoms with E-state index in [0.29, 0.717) is 35.2 Å². The molecule has 9 heteroatoms. The molecule has 0 aliphatic rings. The molecule has 0 spiro atoms. The zero-order valence-electron chi connectivity index (χ0n) is 33.5. The summed E-state index contributed by atoms with van der Waals surface area (Å²) >= 11 is 0. The molecule has 0 saturated heterocycles. The van der Waals surface area contributed by atoms with E-state index in [9.17, 15) is 10.2 Å². The molecular formula is C44H62CoN2O6. The first-order valence-electron chi connectivity index (χ1n) is 18.6. The average molecular weight is 774 g/mol. The van der Waals surface area contributed by atoms with E-state index in [1.807, 2.05) is 24.3 Å². The van der Waals surface area contributed by atoms with Gasteiger partial charge in [0.2, 0.25) is 0 Å². The predicted molar refractivity (Wildman–Crippen MR) is 211 cm³/mol. The molecule has 0 atom stereocenters. The molecule has 0 aliphatic carbocycles. The first-order valence-corrected chi connectivity index (χ1v) is 18.6. The normalized spacial score (nSPS) is 11.1. The van der Waals surface area contributed by atoms with Crippen molar-refractivity contribution < 1.29 is 46.8 Å². The summed E-state index contributed by atoms with van der Waals surface area (Å²) in [5, 5.41) is 40.2. The summed E-state index contributed by atoms with van der Waals surface area (Å²) in [4.78, 5) is 27.4. The first kappa shape index (κ1) is 49.0. The van der Waals surface area contributed by atoms with E-state index in [-0.39, 0.29) is 16.8 Å². The minimum Gasteiger partial charge on any atom is -0.550 e. The molecule has 0 aliphatic heterocycles. The van der Waals surface area contributed by atoms with Crippen LogP contribution in [0.15, 0.2) is 58.5 Å². The SMILES string of the molecule is CC(=O)[O-].CC(=O)[O-].CC(C)CCc1cc(C=Nc2ccccc2N=Cc2cc(CCC(C)C)cc(CCC(C)C)c2O)c(O)c(CCC(C)C)c1.[Co+2]. The second kappa shape index (κ2) is 25.9. The number of carbonyl (C=O) groups excluding carboxylic acids is 2. The largest absolute Gasteiger partial charge is 2.00 e. The molecule has 0 bridgehead atoms. The van der Waals surface area contributed by atoms with E-state index >= 15 is 0 Å². The maximum atomic E-state index is 11.2. The molecular weight excluding hydrogens is 711 g/mol. The predicted octanol–water partition coefficient (Wildman–Crippen LogP) is 8.46. The number of phenolic OH excluding ortho intramolecular Hbond substituents is 2. The van der Waals surface area contributed by atoms with Crippen LogP contribution in [0.4, 0.5) is 11.4 Å². The van der Waals surface area contributed by atoms with Gasteiger partial charge in [0, 0.05) is 35.5 Å². The Kier molecular flexibility index (Phi) is 24.0. The van der Waals surface area contributed by atoms with Crippen LogP contribution in [0.2, 0.25) is 0 Å². The number of para-hydroxylation sites is 2. The molecule has 0 fully saturated rings. The maximum absolute atomic E-state index is 11.2. The molecule has 0 unspecified atom stereocenters. The molecule has 2 N–H and O–H groups in total. The maximum Gasteiger partial charge on any atom is 2.00 e. The van der Waals surface area contributed by atoms with Gasteiger partial charge in [-0.3, -0.25) is 9.98 Å². The van der Waals surface area contributed by atoms with E-state index in [0.717, 1.165) is 98.8 Å². The molecule has 3 rings (SSSR count). The number of aliphatic imine (C=N–C) groups is 2. The third-order valence-corrected chi connectivity index (χ3v) is 8.13. The van der Waals surface area contributed by atoms with Crippen LogP contribution in [0.3, 0.4) is 0 Å². The van der Waals surface area contributed by atoms with Gasteiger partial charge in [0.25, 0.3) is 0 Å². The summed E-state index contributed by atoms with van der Waals surface area (Å²) in [6, 6.07) is 16.3. The second-order valence-electron chi connectivity index (χ2n) is 15.1. The van der Waals surface area contributed by atoms with E-state index in [1.54, 1.807) is 12.4 Å². The van der Waals surface area contributed by atoms with Crippen molar-refractivity contribution in [2.45, 2.75) is 121 Å². The summed E-state index contributed by atoms with van der Waals surface area (Å²) in [6.07, 6.45) is 11.5. The second-order valence-corrected chi connectivity index (χ2v) is 15.1. The van der Waals surface area contributed by atoms with E-state index < -0.39 is 11.9 Å². The van der Waals surface area contributed by atoms with Crippen molar-refractivity contribution in [3.63, 3.8) is 0 Å². The number of aryl methyl sites for hydroxylation is 4. The molecule has 53 heavy (non-hydrogen) atoms. The zero-order valence-corrected chi connectivity index (χ0v) is 34.5. The third kappa shape index (κ3) is 21.4. The van der Waals surface area contributed by atoms with E-state index in [1.165, 1.54) is 11.1 Å². The minimum absolute atomic E-state index is 0. The third-order valence-electron chi connectivity index (χ3n) is 8.13. The number of carboxylic acids is 2. The van der Waals surface area contributed by atoms with Gasteiger partial charge in [-0.05, 0) is 135 Å². The topological polar surface area (TPSA) is 145 Å². The molecule has 8 nitrogen and oxygen atoms in total. The van der Waals surface area contributed by atoms with Crippen LogP contribution < -0.4 is 10.2 Å². The molecule has 0 amide bonds. The fourth-order valence-electron chi connectivity index (χ4n) is 5.20. The fourth-order valence-corrected chi connectivity index (χ4v) is 5.20. The Morgan fingerprint density at radius 3 is 1.15 bits per heavy atom. The van der Waals surface area contributed by atoms with Gasteiger partial charge in [-0.2, -0.15) is 0 Å². The van der Waals surface area contributed by atoms with Crippen molar-refractivity contribution in [1.29, 1.82) is 0 Å². The Balaban J connectivity index is 0.00000272. The van der Waals surface area contributed by atoms with Crippen molar-refractivity contribution in [1.82, 2.24) is 0 Å². The van der Waals surface area contributed by atoms with Crippen molar-refractivity contribution >= 4 is 35.7 Å². The molecule has 0 saturated carbocycles. The average Bonchev–Trinajstić information content (AvgIpc) is 3.04. The molecule has 3 aromatic rings. The van der Waals surface area contributed by atoms with Gasteiger partial charge in [-0.1, -0.05) is 79.7 Å². The quantitative estimate of drug-likeness (QED) is 0.140. The number of phenols is 2. The van der Waals surface area contributed by atoms with Gasteiger partial charge in [0.1, 0.15) is 11.5 Å². The number of aromatic hydroxyl groups is 2.